The number of anilines is 1. The van der Waals surface area contributed by atoms with E-state index in [1.165, 1.54) is 5.56 Å². The molecule has 2 aromatic heterocycles. The zero-order valence-corrected chi connectivity index (χ0v) is 11.0. The Morgan fingerprint density at radius 3 is 2.90 bits per heavy atom. The number of fused-ring (bicyclic) bond motifs is 1. The van der Waals surface area contributed by atoms with Crippen LogP contribution in [0.5, 0.6) is 0 Å². The zero-order chi connectivity index (χ0) is 13.8. The number of para-hydroxylation sites is 1. The van der Waals surface area contributed by atoms with Gasteiger partial charge in [0.25, 0.3) is 0 Å². The summed E-state index contributed by atoms with van der Waals surface area (Å²) in [6.45, 7) is 0.749. The van der Waals surface area contributed by atoms with Gasteiger partial charge in [0.05, 0.1) is 5.56 Å². The first kappa shape index (κ1) is 12.4. The molecular weight excluding hydrogens is 250 g/mol. The summed E-state index contributed by atoms with van der Waals surface area (Å²) in [5, 5.41) is 4.24. The minimum atomic E-state index is 0.687. The summed E-state index contributed by atoms with van der Waals surface area (Å²) in [6, 6.07) is 11.8. The fourth-order valence-electron chi connectivity index (χ4n) is 2.30. The molecule has 0 unspecified atom stereocenters. The van der Waals surface area contributed by atoms with E-state index in [0.29, 0.717) is 5.56 Å². The van der Waals surface area contributed by atoms with Crippen molar-refractivity contribution in [3.05, 3.63) is 59.9 Å². The molecule has 0 aliphatic carbocycles. The van der Waals surface area contributed by atoms with Gasteiger partial charge in [0.2, 0.25) is 0 Å². The monoisotopic (exact) mass is 265 g/mol. The van der Waals surface area contributed by atoms with Gasteiger partial charge >= 0.3 is 0 Å². The number of hydrogen-bond acceptors (Lipinski definition) is 3. The van der Waals surface area contributed by atoms with E-state index in [-0.39, 0.29) is 0 Å². The number of aldehydes is 1. The Labute approximate surface area is 116 Å². The average molecular weight is 265 g/mol. The molecule has 0 saturated heterocycles. The third-order valence-corrected chi connectivity index (χ3v) is 3.30. The number of benzene rings is 1. The van der Waals surface area contributed by atoms with Crippen molar-refractivity contribution in [1.82, 2.24) is 9.97 Å². The van der Waals surface area contributed by atoms with Gasteiger partial charge in [0, 0.05) is 29.8 Å². The Morgan fingerprint density at radius 2 is 2.10 bits per heavy atom. The van der Waals surface area contributed by atoms with E-state index in [0.717, 1.165) is 36.0 Å². The van der Waals surface area contributed by atoms with Gasteiger partial charge in [-0.2, -0.15) is 0 Å². The molecule has 0 aliphatic heterocycles. The van der Waals surface area contributed by atoms with Crippen LogP contribution in [0.15, 0.2) is 48.8 Å². The molecule has 1 aromatic carbocycles. The fourth-order valence-corrected chi connectivity index (χ4v) is 2.30. The number of carbonyl (C=O) groups is 1. The number of rotatable bonds is 5. The largest absolute Gasteiger partial charge is 0.371 e. The van der Waals surface area contributed by atoms with Crippen LogP contribution in [0, 0.1) is 0 Å². The lowest BCUT2D eigenvalue weighted by atomic mass is 10.2. The molecule has 2 heterocycles. The Bertz CT molecular complexity index is 719. The summed E-state index contributed by atoms with van der Waals surface area (Å²) in [6.07, 6.45) is 5.37. The van der Waals surface area contributed by atoms with Gasteiger partial charge in [0.1, 0.15) is 5.82 Å². The van der Waals surface area contributed by atoms with Crippen molar-refractivity contribution in [3.63, 3.8) is 0 Å². The van der Waals surface area contributed by atoms with Crippen molar-refractivity contribution < 1.29 is 4.79 Å². The van der Waals surface area contributed by atoms with Crippen LogP contribution in [0.25, 0.3) is 10.9 Å². The standard InChI is InChI=1S/C16H15N3O/c20-11-14-13-5-1-2-6-15(13)19-16(14)18-9-7-12-4-3-8-17-10-12/h1-6,8,10-11,18-19H,7,9H2. The smallest absolute Gasteiger partial charge is 0.154 e. The number of nitrogens with zero attached hydrogens (tertiary/aromatic N) is 1. The second-order valence-electron chi connectivity index (χ2n) is 4.62. The van der Waals surface area contributed by atoms with Crippen molar-refractivity contribution >= 4 is 23.0 Å². The van der Waals surface area contributed by atoms with E-state index in [9.17, 15) is 4.79 Å². The molecule has 0 spiro atoms. The molecule has 0 saturated carbocycles. The second kappa shape index (κ2) is 5.57. The topological polar surface area (TPSA) is 57.8 Å². The predicted octanol–water partition coefficient (Wildman–Crippen LogP) is 3.03. The number of hydrogen-bond donors (Lipinski definition) is 2. The average Bonchev–Trinajstić information content (AvgIpc) is 2.86. The lowest BCUT2D eigenvalue weighted by Gasteiger charge is -2.04. The normalized spacial score (nSPS) is 10.6. The maximum Gasteiger partial charge on any atom is 0.154 e. The van der Waals surface area contributed by atoms with Crippen LogP contribution in [0.1, 0.15) is 15.9 Å². The number of aromatic nitrogens is 2. The molecule has 0 amide bonds. The van der Waals surface area contributed by atoms with E-state index in [1.54, 1.807) is 6.20 Å². The quantitative estimate of drug-likeness (QED) is 0.697. The summed E-state index contributed by atoms with van der Waals surface area (Å²) < 4.78 is 0. The van der Waals surface area contributed by atoms with Crippen LogP contribution in [0.3, 0.4) is 0 Å². The van der Waals surface area contributed by atoms with Crippen LogP contribution >= 0.6 is 0 Å². The van der Waals surface area contributed by atoms with Crippen LogP contribution < -0.4 is 5.32 Å². The van der Waals surface area contributed by atoms with Crippen molar-refractivity contribution in [2.24, 2.45) is 0 Å². The molecule has 3 aromatic rings. The highest BCUT2D eigenvalue weighted by Gasteiger charge is 2.09. The SMILES string of the molecule is O=Cc1c(NCCc2cccnc2)[nH]c2ccccc12. The van der Waals surface area contributed by atoms with E-state index in [4.69, 9.17) is 0 Å². The van der Waals surface area contributed by atoms with Gasteiger partial charge in [-0.15, -0.1) is 0 Å². The molecule has 3 rings (SSSR count). The molecular formula is C16H15N3O. The highest BCUT2D eigenvalue weighted by atomic mass is 16.1. The molecule has 0 aliphatic rings. The molecule has 100 valence electrons. The van der Waals surface area contributed by atoms with Crippen molar-refractivity contribution in [3.8, 4) is 0 Å². The Morgan fingerprint density at radius 1 is 1.20 bits per heavy atom. The van der Waals surface area contributed by atoms with Gasteiger partial charge in [-0.3, -0.25) is 9.78 Å². The Hall–Kier alpha value is -2.62. The summed E-state index contributed by atoms with van der Waals surface area (Å²) in [5.74, 6) is 0.782. The maximum absolute atomic E-state index is 11.3. The van der Waals surface area contributed by atoms with Crippen LogP contribution in [0.2, 0.25) is 0 Å². The summed E-state index contributed by atoms with van der Waals surface area (Å²) in [7, 11) is 0. The van der Waals surface area contributed by atoms with Crippen molar-refractivity contribution in [1.29, 1.82) is 0 Å². The van der Waals surface area contributed by atoms with E-state index < -0.39 is 0 Å². The summed E-state index contributed by atoms with van der Waals surface area (Å²) in [5.41, 5.74) is 2.83. The third kappa shape index (κ3) is 2.40. The van der Waals surface area contributed by atoms with Gasteiger partial charge in [0.15, 0.2) is 6.29 Å². The first-order valence-electron chi connectivity index (χ1n) is 6.57. The molecule has 0 atom stereocenters. The number of carbonyl (C=O) groups excluding carboxylic acids is 1. The van der Waals surface area contributed by atoms with Gasteiger partial charge in [-0.05, 0) is 24.1 Å². The van der Waals surface area contributed by atoms with Crippen LogP contribution in [-0.2, 0) is 6.42 Å². The van der Waals surface area contributed by atoms with E-state index in [2.05, 4.69) is 15.3 Å². The van der Waals surface area contributed by atoms with Gasteiger partial charge in [-0.25, -0.2) is 0 Å². The minimum Gasteiger partial charge on any atom is -0.371 e. The van der Waals surface area contributed by atoms with E-state index in [1.807, 2.05) is 42.6 Å². The van der Waals surface area contributed by atoms with Gasteiger partial charge in [-0.1, -0.05) is 24.3 Å². The fraction of sp³-hybridized carbons (Fsp3) is 0.125. The van der Waals surface area contributed by atoms with E-state index >= 15 is 0 Å². The first-order valence-corrected chi connectivity index (χ1v) is 6.57. The summed E-state index contributed by atoms with van der Waals surface area (Å²) in [4.78, 5) is 18.6. The lowest BCUT2D eigenvalue weighted by molar-refractivity contribution is 0.112. The number of aromatic amines is 1. The molecule has 4 nitrogen and oxygen atoms in total. The van der Waals surface area contributed by atoms with Crippen LogP contribution in [-0.4, -0.2) is 22.8 Å². The molecule has 0 fully saturated rings. The first-order chi connectivity index (χ1) is 9.88. The number of nitrogens with one attached hydrogen (secondary N) is 2. The summed E-state index contributed by atoms with van der Waals surface area (Å²) >= 11 is 0. The molecule has 20 heavy (non-hydrogen) atoms. The van der Waals surface area contributed by atoms with Crippen molar-refractivity contribution in [2.75, 3.05) is 11.9 Å². The minimum absolute atomic E-state index is 0.687. The molecule has 0 bridgehead atoms. The highest BCUT2D eigenvalue weighted by molar-refractivity contribution is 6.03. The number of pyridine rings is 1. The highest BCUT2D eigenvalue weighted by Crippen LogP contribution is 2.24. The van der Waals surface area contributed by atoms with Crippen molar-refractivity contribution in [2.45, 2.75) is 6.42 Å². The van der Waals surface area contributed by atoms with Crippen LogP contribution in [0.4, 0.5) is 5.82 Å². The number of H-pyrrole nitrogens is 1. The lowest BCUT2D eigenvalue weighted by Crippen LogP contribution is -2.06. The zero-order valence-electron chi connectivity index (χ0n) is 11.0. The maximum atomic E-state index is 11.3. The second-order valence-corrected chi connectivity index (χ2v) is 4.62. The predicted molar refractivity (Wildman–Crippen MR) is 80.1 cm³/mol. The third-order valence-electron chi connectivity index (χ3n) is 3.30. The molecule has 0 radical (unpaired) electrons. The molecule has 2 N–H and O–H groups in total. The van der Waals surface area contributed by atoms with Gasteiger partial charge < -0.3 is 10.3 Å². The molecule has 4 heteroatoms. The Kier molecular flexibility index (Phi) is 3.46. The Balaban J connectivity index is 1.76.